The Morgan fingerprint density at radius 2 is 0.869 bits per heavy atom. The zero-order valence-corrected chi connectivity index (χ0v) is 39.9. The summed E-state index contributed by atoms with van der Waals surface area (Å²) < 4.78 is 0. The number of aliphatic hydroxyl groups excluding tert-OH is 2. The Morgan fingerprint density at radius 1 is 0.475 bits per heavy atom. The molecule has 10 N–H and O–H groups in total. The third-order valence-corrected chi connectivity index (χ3v) is 9.25. The molecule has 0 radical (unpaired) electrons. The molecule has 0 aliphatic carbocycles. The molecule has 0 spiro atoms. The van der Waals surface area contributed by atoms with Gasteiger partial charge in [0.15, 0.2) is 5.78 Å². The first-order chi connectivity index (χ1) is 28.6. The van der Waals surface area contributed by atoms with E-state index in [9.17, 15) is 58.2 Å². The molecule has 0 saturated heterocycles. The largest absolute Gasteiger partial charge is 0.540 e. The second-order valence-corrected chi connectivity index (χ2v) is 14.8. The Morgan fingerprint density at radius 3 is 1.28 bits per heavy atom. The van der Waals surface area contributed by atoms with Crippen LogP contribution in [0, 0.1) is 37.0 Å². The Labute approximate surface area is 382 Å². The van der Waals surface area contributed by atoms with Gasteiger partial charge in [-0.05, 0) is 19.3 Å². The van der Waals surface area contributed by atoms with Crippen molar-refractivity contribution in [3.05, 3.63) is 0 Å². The molecule has 0 fully saturated rings. The zero-order valence-electron chi connectivity index (χ0n) is 35.7. The van der Waals surface area contributed by atoms with Crippen LogP contribution in [0.2, 0.25) is 0 Å². The van der Waals surface area contributed by atoms with Gasteiger partial charge >= 0.3 is 5.97 Å². The van der Waals surface area contributed by atoms with Crippen LogP contribution < -0.4 is 37.2 Å². The summed E-state index contributed by atoms with van der Waals surface area (Å²) in [6.07, 6.45) is 16.6. The van der Waals surface area contributed by atoms with Gasteiger partial charge in [-0.15, -0.1) is 0 Å². The predicted molar refractivity (Wildman–Crippen MR) is 218 cm³/mol. The van der Waals surface area contributed by atoms with Crippen LogP contribution in [0.3, 0.4) is 0 Å². The molecule has 0 unspecified atom stereocenters. The van der Waals surface area contributed by atoms with Gasteiger partial charge in [0.2, 0.25) is 41.4 Å². The molecule has 0 aliphatic heterocycles. The summed E-state index contributed by atoms with van der Waals surface area (Å²) in [6.45, 7) is -0.490. The van der Waals surface area contributed by atoms with E-state index in [1.165, 1.54) is 32.1 Å². The number of nitrogens with one attached hydrogen (secondary N) is 7. The number of hydrogen-bond acceptors (Lipinski definition) is 12. The fourth-order valence-electron chi connectivity index (χ4n) is 5.57. The Kier molecular flexibility index (Phi) is 36.7. The fraction of sp³-hybridized carbons (Fsp3) is 0.750. The predicted octanol–water partition coefficient (Wildman–Crippen LogP) is -0.669. The minimum atomic E-state index is -1.52. The average Bonchev–Trinajstić information content (AvgIpc) is 3.22. The number of rotatable bonds is 37. The van der Waals surface area contributed by atoms with Crippen molar-refractivity contribution < 1.29 is 94.4 Å². The Bertz CT molecular complexity index is 1370. The van der Waals surface area contributed by atoms with Crippen molar-refractivity contribution in [3.8, 4) is 0 Å². The molecular weight excluding hydrogens is 1020 g/mol. The van der Waals surface area contributed by atoms with Gasteiger partial charge < -0.3 is 57.3 Å². The SMILES string of the molecule is CC(C)C(=O)CNC(=O)CNC(=O)[C@H](CO)NC(=O)CNC(=O)[C@H](CO)NC(=O)CNC(=O)CC[C@@H]([C-]=O)NC(=O)CCCCCCCCCCCCCCCCC(=O)O.[U]. The van der Waals surface area contributed by atoms with Crippen LogP contribution in [0.5, 0.6) is 0 Å². The summed E-state index contributed by atoms with van der Waals surface area (Å²) in [5.41, 5.74) is 0. The van der Waals surface area contributed by atoms with E-state index >= 15 is 0 Å². The first-order valence-corrected chi connectivity index (χ1v) is 20.9. The van der Waals surface area contributed by atoms with Crippen molar-refractivity contribution in [2.24, 2.45) is 5.92 Å². The number of carboxylic acid groups (broad SMARTS) is 1. The molecule has 21 heteroatoms. The zero-order chi connectivity index (χ0) is 45.1. The van der Waals surface area contributed by atoms with Gasteiger partial charge in [0.1, 0.15) is 12.1 Å². The van der Waals surface area contributed by atoms with Crippen molar-refractivity contribution in [3.63, 3.8) is 0 Å². The summed E-state index contributed by atoms with van der Waals surface area (Å²) in [5, 5.41) is 43.6. The first kappa shape index (κ1) is 59.2. The standard InChI is InChI=1S/C40H68N7O13.U/c1-28(2)32(51)21-41-35(54)22-43-39(59)30(26-49)47-37(56)24-44-40(60)31(27-50)46-36(55)23-42-33(52)20-19-29(25-48)45-34(53)17-15-13-11-9-7-5-3-4-6-8-10-12-14-16-18-38(57)58;/h28-31,49-50H,3-24,26-27H2,1-2H3,(H,41,54)(H,42,52)(H,43,59)(H,44,60)(H,45,53)(H,46,55)(H,47,56)(H,57,58);/q-1;/t29-,30-,31-;/m0./s1. The molecular formula is C40H68N7O13U-. The maximum absolute atomic E-state index is 12.5. The number of Topliss-reactive ketones (excluding diaryl/α,β-unsaturated/α-hetero) is 1. The Hall–Kier alpha value is -3.93. The summed E-state index contributed by atoms with van der Waals surface area (Å²) in [4.78, 5) is 119. The maximum atomic E-state index is 12.5. The minimum Gasteiger partial charge on any atom is -0.540 e. The summed E-state index contributed by atoms with van der Waals surface area (Å²) in [7, 11) is 0. The van der Waals surface area contributed by atoms with Gasteiger partial charge in [-0.1, -0.05) is 96.9 Å². The second-order valence-electron chi connectivity index (χ2n) is 14.8. The molecule has 0 aliphatic rings. The van der Waals surface area contributed by atoms with Crippen LogP contribution in [-0.4, -0.2) is 132 Å². The van der Waals surface area contributed by atoms with Crippen LogP contribution in [0.1, 0.15) is 129 Å². The minimum absolute atomic E-state index is 0. The van der Waals surface area contributed by atoms with Crippen LogP contribution in [0.25, 0.3) is 0 Å². The van der Waals surface area contributed by atoms with Crippen molar-refractivity contribution >= 4 is 59.4 Å². The van der Waals surface area contributed by atoms with E-state index in [2.05, 4.69) is 37.2 Å². The van der Waals surface area contributed by atoms with Gasteiger partial charge in [0.25, 0.3) is 0 Å². The number of ketones is 1. The van der Waals surface area contributed by atoms with E-state index in [4.69, 9.17) is 5.11 Å². The van der Waals surface area contributed by atoms with E-state index in [0.717, 1.165) is 51.4 Å². The number of carbonyl (C=O) groups is 9. The maximum Gasteiger partial charge on any atom is 0.303 e. The second kappa shape index (κ2) is 37.8. The van der Waals surface area contributed by atoms with Gasteiger partial charge in [-0.3, -0.25) is 43.2 Å². The molecule has 0 aromatic carbocycles. The van der Waals surface area contributed by atoms with E-state index in [1.54, 1.807) is 20.1 Å². The average molecular weight is 1090 g/mol. The van der Waals surface area contributed by atoms with Gasteiger partial charge in [0.05, 0.1) is 39.4 Å². The summed E-state index contributed by atoms with van der Waals surface area (Å²) in [5.74, 6) is -6.57. The monoisotopic (exact) mass is 1090 g/mol. The van der Waals surface area contributed by atoms with Crippen molar-refractivity contribution in [1.82, 2.24) is 37.2 Å². The number of carbonyl (C=O) groups excluding carboxylic acids is 9. The first-order valence-electron chi connectivity index (χ1n) is 20.9. The van der Waals surface area contributed by atoms with E-state index in [1.807, 2.05) is 0 Å². The van der Waals surface area contributed by atoms with Crippen LogP contribution in [0.4, 0.5) is 0 Å². The number of unbranched alkanes of at least 4 members (excludes halogenated alkanes) is 13. The van der Waals surface area contributed by atoms with Crippen LogP contribution in [-0.2, 0) is 47.9 Å². The normalized spacial score (nSPS) is 12.1. The van der Waals surface area contributed by atoms with Crippen molar-refractivity contribution in [2.75, 3.05) is 39.4 Å². The molecule has 346 valence electrons. The molecule has 0 saturated carbocycles. The fourth-order valence-corrected chi connectivity index (χ4v) is 5.57. The van der Waals surface area contributed by atoms with Crippen LogP contribution in [0.15, 0.2) is 0 Å². The van der Waals surface area contributed by atoms with E-state index < -0.39 is 92.4 Å². The molecule has 0 aromatic heterocycles. The third-order valence-electron chi connectivity index (χ3n) is 9.25. The number of amides is 7. The molecule has 0 aromatic rings. The molecule has 0 heterocycles. The van der Waals surface area contributed by atoms with Gasteiger partial charge in [-0.25, -0.2) is 6.29 Å². The molecule has 3 atom stereocenters. The number of aliphatic hydroxyl groups is 2. The molecule has 0 bridgehead atoms. The number of carboxylic acids is 1. The summed E-state index contributed by atoms with van der Waals surface area (Å²) in [6, 6.07) is -4.03. The van der Waals surface area contributed by atoms with Gasteiger partial charge in [-0.2, -0.15) is 0 Å². The number of hydrogen-bond donors (Lipinski definition) is 10. The van der Waals surface area contributed by atoms with E-state index in [-0.39, 0.29) is 80.9 Å². The van der Waals surface area contributed by atoms with Crippen LogP contribution >= 0.6 is 0 Å². The van der Waals surface area contributed by atoms with Crippen molar-refractivity contribution in [1.29, 1.82) is 0 Å². The molecule has 61 heavy (non-hydrogen) atoms. The summed E-state index contributed by atoms with van der Waals surface area (Å²) >= 11 is 0. The van der Waals surface area contributed by atoms with Crippen molar-refractivity contribution in [2.45, 2.75) is 148 Å². The van der Waals surface area contributed by atoms with E-state index in [0.29, 0.717) is 6.42 Å². The smallest absolute Gasteiger partial charge is 0.303 e. The topological polar surface area (TPSA) is 316 Å². The molecule has 7 amide bonds. The molecule has 20 nitrogen and oxygen atoms in total. The Balaban J connectivity index is 0. The number of aliphatic carboxylic acids is 1. The van der Waals surface area contributed by atoms with Gasteiger partial charge in [0, 0.05) is 56.3 Å². The third kappa shape index (κ3) is 33.4. The quantitative estimate of drug-likeness (QED) is 0.0273. The molecule has 0 rings (SSSR count).